The highest BCUT2D eigenvalue weighted by molar-refractivity contribution is 6.65. The van der Waals surface area contributed by atoms with Crippen LogP contribution in [0.4, 0.5) is 0 Å². The first-order valence-corrected chi connectivity index (χ1v) is 4.58. The quantitative estimate of drug-likeness (QED) is 0.547. The van der Waals surface area contributed by atoms with Crippen molar-refractivity contribution in [3.05, 3.63) is 0 Å². The summed E-state index contributed by atoms with van der Waals surface area (Å²) in [6.45, 7) is 0. The highest BCUT2D eigenvalue weighted by atomic mass is 35.5. The third-order valence-corrected chi connectivity index (χ3v) is 3.16. The molecule has 1 aliphatic heterocycles. The van der Waals surface area contributed by atoms with Gasteiger partial charge < -0.3 is 0 Å². The maximum atomic E-state index is 5.88. The number of halogens is 1. The summed E-state index contributed by atoms with van der Waals surface area (Å²) in [6.07, 6.45) is 6.19. The fraction of sp³-hybridized carbons (Fsp3) is 0.875. The predicted octanol–water partition coefficient (Wildman–Crippen LogP) is 2.19. The lowest BCUT2D eigenvalue weighted by molar-refractivity contribution is 0.159. The van der Waals surface area contributed by atoms with Crippen LogP contribution in [0.1, 0.15) is 32.1 Å². The van der Waals surface area contributed by atoms with Crippen molar-refractivity contribution in [3.63, 3.8) is 0 Å². The fourth-order valence-corrected chi connectivity index (χ4v) is 2.59. The Labute approximate surface area is 72.2 Å². The van der Waals surface area contributed by atoms with Gasteiger partial charge in [0.2, 0.25) is 0 Å². The van der Waals surface area contributed by atoms with Gasteiger partial charge in [-0.2, -0.15) is 5.10 Å². The normalized spacial score (nSPS) is 28.2. The van der Waals surface area contributed by atoms with Crippen LogP contribution in [0.5, 0.6) is 0 Å². The van der Waals surface area contributed by atoms with Crippen LogP contribution in [0.2, 0.25) is 0 Å². The largest absolute Gasteiger partial charge is 0.292 e. The van der Waals surface area contributed by atoms with E-state index >= 15 is 0 Å². The monoisotopic (exact) mass is 172 g/mol. The average molecular weight is 173 g/mol. The van der Waals surface area contributed by atoms with E-state index in [0.29, 0.717) is 5.54 Å². The first kappa shape index (κ1) is 7.41. The van der Waals surface area contributed by atoms with Crippen molar-refractivity contribution >= 4 is 16.8 Å². The van der Waals surface area contributed by atoms with Gasteiger partial charge in [0, 0.05) is 13.5 Å². The molecule has 2 aliphatic rings. The number of rotatable bonds is 0. The van der Waals surface area contributed by atoms with E-state index in [4.69, 9.17) is 11.6 Å². The predicted molar refractivity (Wildman–Crippen MR) is 46.9 cm³/mol. The molecule has 0 amide bonds. The van der Waals surface area contributed by atoms with Crippen LogP contribution in [0.15, 0.2) is 5.10 Å². The molecule has 3 heteroatoms. The molecule has 0 bridgehead atoms. The second-order valence-corrected chi connectivity index (χ2v) is 4.04. The highest BCUT2D eigenvalue weighted by Crippen LogP contribution is 2.41. The number of hydrazone groups is 1. The first-order chi connectivity index (χ1) is 5.23. The van der Waals surface area contributed by atoms with Crippen LogP contribution in [0.3, 0.4) is 0 Å². The minimum absolute atomic E-state index is 0.317. The Morgan fingerprint density at radius 2 is 2.09 bits per heavy atom. The Balaban J connectivity index is 2.17. The summed E-state index contributed by atoms with van der Waals surface area (Å²) in [5.41, 5.74) is 0.317. The van der Waals surface area contributed by atoms with Crippen LogP contribution in [0, 0.1) is 0 Å². The molecule has 2 nitrogen and oxygen atoms in total. The van der Waals surface area contributed by atoms with Gasteiger partial charge in [-0.05, 0) is 12.8 Å². The molecule has 0 N–H and O–H groups in total. The standard InChI is InChI=1S/C8H13ClN2/c1-11-8(4-2-3-5-8)6-7(9)10-11/h2-6H2,1H3. The van der Waals surface area contributed by atoms with Gasteiger partial charge in [-0.15, -0.1) is 0 Å². The molecule has 0 unspecified atom stereocenters. The Bertz CT molecular complexity index is 194. The van der Waals surface area contributed by atoms with E-state index in [1.165, 1.54) is 25.7 Å². The van der Waals surface area contributed by atoms with E-state index in [1.807, 2.05) is 7.05 Å². The van der Waals surface area contributed by atoms with Crippen LogP contribution >= 0.6 is 11.6 Å². The molecule has 1 saturated carbocycles. The summed E-state index contributed by atoms with van der Waals surface area (Å²) in [7, 11) is 2.04. The Morgan fingerprint density at radius 1 is 1.45 bits per heavy atom. The van der Waals surface area contributed by atoms with Gasteiger partial charge in [-0.3, -0.25) is 5.01 Å². The molecule has 1 fully saturated rings. The average Bonchev–Trinajstić information content (AvgIpc) is 2.45. The summed E-state index contributed by atoms with van der Waals surface area (Å²) in [5, 5.41) is 7.10. The summed E-state index contributed by atoms with van der Waals surface area (Å²) in [6, 6.07) is 0. The van der Waals surface area contributed by atoms with E-state index in [9.17, 15) is 0 Å². The maximum absolute atomic E-state index is 5.88. The third-order valence-electron chi connectivity index (χ3n) is 2.95. The lowest BCUT2D eigenvalue weighted by Gasteiger charge is -2.30. The van der Waals surface area contributed by atoms with E-state index in [-0.39, 0.29) is 0 Å². The molecule has 11 heavy (non-hydrogen) atoms. The van der Waals surface area contributed by atoms with Crippen LogP contribution in [-0.4, -0.2) is 22.8 Å². The number of hydrogen-bond acceptors (Lipinski definition) is 2. The molecular formula is C8H13ClN2. The van der Waals surface area contributed by atoms with Gasteiger partial charge in [0.1, 0.15) is 5.17 Å². The van der Waals surface area contributed by atoms with Crippen LogP contribution < -0.4 is 0 Å². The highest BCUT2D eigenvalue weighted by Gasteiger charge is 2.42. The van der Waals surface area contributed by atoms with Crippen molar-refractivity contribution in [2.24, 2.45) is 5.10 Å². The SMILES string of the molecule is CN1N=C(Cl)CC12CCCC2. The Hall–Kier alpha value is -0.240. The van der Waals surface area contributed by atoms with Crippen molar-refractivity contribution < 1.29 is 0 Å². The molecule has 1 spiro atoms. The molecule has 2 rings (SSSR count). The fourth-order valence-electron chi connectivity index (χ4n) is 2.22. The molecule has 0 saturated heterocycles. The lowest BCUT2D eigenvalue weighted by Crippen LogP contribution is -2.36. The first-order valence-electron chi connectivity index (χ1n) is 4.20. The zero-order valence-electron chi connectivity index (χ0n) is 6.81. The summed E-state index contributed by atoms with van der Waals surface area (Å²) in [4.78, 5) is 0. The second-order valence-electron chi connectivity index (χ2n) is 3.61. The van der Waals surface area contributed by atoms with E-state index < -0.39 is 0 Å². The molecule has 1 heterocycles. The summed E-state index contributed by atoms with van der Waals surface area (Å²) >= 11 is 5.88. The molecule has 0 aromatic heterocycles. The van der Waals surface area contributed by atoms with Gasteiger partial charge in [-0.25, -0.2) is 0 Å². The molecule has 0 atom stereocenters. The van der Waals surface area contributed by atoms with E-state index in [0.717, 1.165) is 11.6 Å². The summed E-state index contributed by atoms with van der Waals surface area (Å²) < 4.78 is 0. The Kier molecular flexibility index (Phi) is 1.60. The molecule has 0 radical (unpaired) electrons. The van der Waals surface area contributed by atoms with Crippen LogP contribution in [-0.2, 0) is 0 Å². The maximum Gasteiger partial charge on any atom is 0.128 e. The minimum atomic E-state index is 0.317. The number of hydrogen-bond donors (Lipinski definition) is 0. The van der Waals surface area contributed by atoms with Crippen LogP contribution in [0.25, 0.3) is 0 Å². The van der Waals surface area contributed by atoms with Crippen molar-refractivity contribution in [2.75, 3.05) is 7.05 Å². The topological polar surface area (TPSA) is 15.6 Å². The van der Waals surface area contributed by atoms with Crippen molar-refractivity contribution in [1.82, 2.24) is 5.01 Å². The Morgan fingerprint density at radius 3 is 2.55 bits per heavy atom. The van der Waals surface area contributed by atoms with Gasteiger partial charge in [-0.1, -0.05) is 24.4 Å². The molecule has 1 aliphatic carbocycles. The van der Waals surface area contributed by atoms with Gasteiger partial charge >= 0.3 is 0 Å². The minimum Gasteiger partial charge on any atom is -0.292 e. The molecular weight excluding hydrogens is 160 g/mol. The van der Waals surface area contributed by atoms with E-state index in [2.05, 4.69) is 10.1 Å². The smallest absolute Gasteiger partial charge is 0.128 e. The van der Waals surface area contributed by atoms with Crippen molar-refractivity contribution in [3.8, 4) is 0 Å². The molecule has 0 aromatic rings. The van der Waals surface area contributed by atoms with Crippen molar-refractivity contribution in [2.45, 2.75) is 37.6 Å². The van der Waals surface area contributed by atoms with Gasteiger partial charge in [0.25, 0.3) is 0 Å². The zero-order valence-corrected chi connectivity index (χ0v) is 7.56. The van der Waals surface area contributed by atoms with Crippen molar-refractivity contribution in [1.29, 1.82) is 0 Å². The summed E-state index contributed by atoms with van der Waals surface area (Å²) in [5.74, 6) is 0. The van der Waals surface area contributed by atoms with Gasteiger partial charge in [0.15, 0.2) is 0 Å². The lowest BCUT2D eigenvalue weighted by atomic mass is 9.95. The molecule has 0 aromatic carbocycles. The zero-order chi connectivity index (χ0) is 7.90. The van der Waals surface area contributed by atoms with Gasteiger partial charge in [0.05, 0.1) is 5.54 Å². The second kappa shape index (κ2) is 2.37. The number of nitrogens with zero attached hydrogens (tertiary/aromatic N) is 2. The third kappa shape index (κ3) is 1.04. The van der Waals surface area contributed by atoms with E-state index in [1.54, 1.807) is 0 Å². The molecule has 62 valence electrons.